The van der Waals surface area contributed by atoms with Crippen molar-refractivity contribution in [3.05, 3.63) is 29.0 Å². The van der Waals surface area contributed by atoms with Gasteiger partial charge < -0.3 is 10.1 Å². The molecule has 0 fully saturated rings. The molecule has 6 nitrogen and oxygen atoms in total. The Kier molecular flexibility index (Phi) is 4.97. The van der Waals surface area contributed by atoms with E-state index in [9.17, 15) is 14.4 Å². The Morgan fingerprint density at radius 2 is 1.79 bits per heavy atom. The van der Waals surface area contributed by atoms with E-state index in [2.05, 4.69) is 10.3 Å². The molecular weight excluding hydrogens is 308 g/mol. The van der Waals surface area contributed by atoms with Gasteiger partial charge in [0.05, 0.1) is 11.9 Å². The van der Waals surface area contributed by atoms with Crippen LogP contribution in [0.3, 0.4) is 0 Å². The number of nitrogens with one attached hydrogen (secondary N) is 1. The first-order valence-electron chi connectivity index (χ1n) is 7.58. The van der Waals surface area contributed by atoms with Crippen molar-refractivity contribution in [1.29, 1.82) is 0 Å². The lowest BCUT2D eigenvalue weighted by molar-refractivity contribution is -0.132. The van der Waals surface area contributed by atoms with Crippen LogP contribution in [-0.2, 0) is 14.4 Å². The van der Waals surface area contributed by atoms with Gasteiger partial charge in [0.1, 0.15) is 11.5 Å². The number of carbonyl (C=O) groups excluding carboxylic acids is 3. The van der Waals surface area contributed by atoms with Gasteiger partial charge in [0.15, 0.2) is 0 Å². The number of benzene rings is 1. The monoisotopic (exact) mass is 328 g/mol. The summed E-state index contributed by atoms with van der Waals surface area (Å²) in [4.78, 5) is 38.9. The number of esters is 1. The first-order valence-corrected chi connectivity index (χ1v) is 7.58. The zero-order valence-electron chi connectivity index (χ0n) is 14.4. The highest BCUT2D eigenvalue weighted by atomic mass is 16.5. The number of aryl methyl sites for hydroxylation is 2. The Hall–Kier alpha value is -2.76. The molecule has 0 bridgehead atoms. The van der Waals surface area contributed by atoms with E-state index in [4.69, 9.17) is 4.74 Å². The SMILES string of the molecule is CC(=O)CC(=O)Nc1cc(C)c2nc(C)c(C)c(OC(C)=O)c2c1. The number of Topliss-reactive ketones (excluding diaryl/α,β-unsaturated/α-hetero) is 1. The number of anilines is 1. The van der Waals surface area contributed by atoms with E-state index in [1.165, 1.54) is 13.8 Å². The van der Waals surface area contributed by atoms with Crippen LogP contribution in [-0.4, -0.2) is 22.6 Å². The summed E-state index contributed by atoms with van der Waals surface area (Å²) in [7, 11) is 0. The second-order valence-electron chi connectivity index (χ2n) is 5.86. The fourth-order valence-corrected chi connectivity index (χ4v) is 2.50. The number of carbonyl (C=O) groups is 3. The number of hydrogen-bond donors (Lipinski definition) is 1. The van der Waals surface area contributed by atoms with Crippen LogP contribution in [0.15, 0.2) is 12.1 Å². The molecule has 126 valence electrons. The van der Waals surface area contributed by atoms with Crippen molar-refractivity contribution in [2.45, 2.75) is 41.0 Å². The van der Waals surface area contributed by atoms with Gasteiger partial charge in [-0.25, -0.2) is 0 Å². The number of ketones is 1. The third-order valence-corrected chi connectivity index (χ3v) is 3.65. The normalized spacial score (nSPS) is 10.5. The predicted octanol–water partition coefficient (Wildman–Crippen LogP) is 3.00. The number of amides is 1. The average Bonchev–Trinajstić information content (AvgIpc) is 2.44. The van der Waals surface area contributed by atoms with Crippen LogP contribution in [0.2, 0.25) is 0 Å². The van der Waals surface area contributed by atoms with Crippen LogP contribution in [0.1, 0.15) is 37.1 Å². The molecule has 0 radical (unpaired) electrons. The summed E-state index contributed by atoms with van der Waals surface area (Å²) in [5.74, 6) is -0.574. The number of aromatic nitrogens is 1. The molecular formula is C18H20N2O4. The second-order valence-corrected chi connectivity index (χ2v) is 5.86. The highest BCUT2D eigenvalue weighted by Gasteiger charge is 2.16. The Bertz CT molecular complexity index is 856. The predicted molar refractivity (Wildman–Crippen MR) is 91.2 cm³/mol. The van der Waals surface area contributed by atoms with E-state index in [0.29, 0.717) is 22.3 Å². The maximum absolute atomic E-state index is 11.8. The van der Waals surface area contributed by atoms with Crippen molar-refractivity contribution in [3.8, 4) is 5.75 Å². The van der Waals surface area contributed by atoms with Gasteiger partial charge in [-0.1, -0.05) is 0 Å². The van der Waals surface area contributed by atoms with E-state index in [1.807, 2.05) is 20.8 Å². The first kappa shape index (κ1) is 17.6. The molecule has 0 aliphatic carbocycles. The second kappa shape index (κ2) is 6.78. The molecule has 2 rings (SSSR count). The fraction of sp³-hybridized carbons (Fsp3) is 0.333. The molecule has 0 unspecified atom stereocenters. The maximum atomic E-state index is 11.8. The number of pyridine rings is 1. The zero-order valence-corrected chi connectivity index (χ0v) is 14.4. The number of hydrogen-bond acceptors (Lipinski definition) is 5. The number of fused-ring (bicyclic) bond motifs is 1. The Labute approximate surface area is 140 Å². The summed E-state index contributed by atoms with van der Waals surface area (Å²) in [5, 5.41) is 3.34. The minimum absolute atomic E-state index is 0.181. The summed E-state index contributed by atoms with van der Waals surface area (Å²) in [5.41, 5.74) is 3.62. The highest BCUT2D eigenvalue weighted by molar-refractivity contribution is 6.05. The van der Waals surface area contributed by atoms with E-state index >= 15 is 0 Å². The zero-order chi connectivity index (χ0) is 18.0. The molecule has 2 aromatic rings. The van der Waals surface area contributed by atoms with E-state index in [1.54, 1.807) is 12.1 Å². The van der Waals surface area contributed by atoms with E-state index in [-0.39, 0.29) is 18.1 Å². The van der Waals surface area contributed by atoms with Gasteiger partial charge in [-0.05, 0) is 45.4 Å². The standard InChI is InChI=1S/C18H20N2O4/c1-9-6-14(20-16(23)7-10(2)21)8-15-17(9)19-12(4)11(3)18(15)24-13(5)22/h6,8H,7H2,1-5H3,(H,20,23). The summed E-state index contributed by atoms with van der Waals surface area (Å²) in [6, 6.07) is 3.48. The first-order chi connectivity index (χ1) is 11.2. The lowest BCUT2D eigenvalue weighted by Crippen LogP contribution is -2.15. The molecule has 1 amide bonds. The number of ether oxygens (including phenoxy) is 1. The van der Waals surface area contributed by atoms with Crippen LogP contribution in [0, 0.1) is 20.8 Å². The van der Waals surface area contributed by atoms with Crippen molar-refractivity contribution in [2.75, 3.05) is 5.32 Å². The molecule has 0 atom stereocenters. The molecule has 1 aromatic carbocycles. The van der Waals surface area contributed by atoms with Gasteiger partial charge in [-0.2, -0.15) is 0 Å². The molecule has 0 spiro atoms. The van der Waals surface area contributed by atoms with Gasteiger partial charge >= 0.3 is 5.97 Å². The molecule has 0 saturated heterocycles. The number of rotatable bonds is 4. The van der Waals surface area contributed by atoms with Crippen LogP contribution >= 0.6 is 0 Å². The molecule has 0 aliphatic rings. The Morgan fingerprint density at radius 1 is 1.12 bits per heavy atom. The highest BCUT2D eigenvalue weighted by Crippen LogP contribution is 2.34. The van der Waals surface area contributed by atoms with Crippen molar-refractivity contribution >= 4 is 34.3 Å². The summed E-state index contributed by atoms with van der Waals surface area (Å²) in [6.07, 6.45) is -0.181. The lowest BCUT2D eigenvalue weighted by atomic mass is 10.0. The van der Waals surface area contributed by atoms with Gasteiger partial charge in [0, 0.05) is 29.3 Å². The molecule has 0 saturated carbocycles. The minimum Gasteiger partial charge on any atom is -0.426 e. The van der Waals surface area contributed by atoms with Crippen molar-refractivity contribution in [1.82, 2.24) is 4.98 Å². The lowest BCUT2D eigenvalue weighted by Gasteiger charge is -2.15. The van der Waals surface area contributed by atoms with Gasteiger partial charge in [0.25, 0.3) is 0 Å². The molecule has 1 aromatic heterocycles. The largest absolute Gasteiger partial charge is 0.426 e. The summed E-state index contributed by atoms with van der Waals surface area (Å²) >= 11 is 0. The third-order valence-electron chi connectivity index (χ3n) is 3.65. The molecule has 1 heterocycles. The van der Waals surface area contributed by atoms with Crippen LogP contribution in [0.5, 0.6) is 5.75 Å². The molecule has 0 aliphatic heterocycles. The van der Waals surface area contributed by atoms with Crippen molar-refractivity contribution in [3.63, 3.8) is 0 Å². The van der Waals surface area contributed by atoms with E-state index in [0.717, 1.165) is 16.8 Å². The Balaban J connectivity index is 2.58. The third kappa shape index (κ3) is 3.76. The number of nitrogens with zero attached hydrogens (tertiary/aromatic N) is 1. The van der Waals surface area contributed by atoms with Crippen LogP contribution in [0.4, 0.5) is 5.69 Å². The van der Waals surface area contributed by atoms with Gasteiger partial charge in [0.2, 0.25) is 5.91 Å². The summed E-state index contributed by atoms with van der Waals surface area (Å²) in [6.45, 7) is 8.24. The quantitative estimate of drug-likeness (QED) is 0.689. The van der Waals surface area contributed by atoms with Crippen LogP contribution < -0.4 is 10.1 Å². The van der Waals surface area contributed by atoms with Gasteiger partial charge in [-0.15, -0.1) is 0 Å². The average molecular weight is 328 g/mol. The molecule has 24 heavy (non-hydrogen) atoms. The maximum Gasteiger partial charge on any atom is 0.308 e. The minimum atomic E-state index is -0.423. The topological polar surface area (TPSA) is 85.4 Å². The van der Waals surface area contributed by atoms with Crippen molar-refractivity contribution in [2.24, 2.45) is 0 Å². The smallest absolute Gasteiger partial charge is 0.308 e. The molecule has 1 N–H and O–H groups in total. The van der Waals surface area contributed by atoms with Crippen LogP contribution in [0.25, 0.3) is 10.9 Å². The summed E-state index contributed by atoms with van der Waals surface area (Å²) < 4.78 is 5.37. The Morgan fingerprint density at radius 3 is 2.38 bits per heavy atom. The van der Waals surface area contributed by atoms with Crippen molar-refractivity contribution < 1.29 is 19.1 Å². The van der Waals surface area contributed by atoms with E-state index < -0.39 is 5.97 Å². The fourth-order valence-electron chi connectivity index (χ4n) is 2.50. The van der Waals surface area contributed by atoms with Gasteiger partial charge in [-0.3, -0.25) is 19.4 Å². The molecule has 6 heteroatoms.